The van der Waals surface area contributed by atoms with Gasteiger partial charge in [-0.05, 0) is 18.3 Å². The monoisotopic (exact) mass is 242 g/mol. The molecule has 1 aliphatic heterocycles. The molecule has 17 heavy (non-hydrogen) atoms. The Kier molecular flexibility index (Phi) is 5.40. The van der Waals surface area contributed by atoms with Crippen molar-refractivity contribution in [1.82, 2.24) is 10.2 Å². The molecule has 0 aromatic heterocycles. The minimum atomic E-state index is -0.0232. The van der Waals surface area contributed by atoms with Gasteiger partial charge >= 0.3 is 0 Å². The van der Waals surface area contributed by atoms with Gasteiger partial charge < -0.3 is 9.64 Å². The first-order chi connectivity index (χ1) is 7.99. The van der Waals surface area contributed by atoms with Gasteiger partial charge in [0.25, 0.3) is 0 Å². The van der Waals surface area contributed by atoms with Gasteiger partial charge in [-0.2, -0.15) is 0 Å². The first-order valence-electron chi connectivity index (χ1n) is 6.54. The number of hydrogen-bond donors (Lipinski definition) is 1. The van der Waals surface area contributed by atoms with Crippen molar-refractivity contribution in [1.29, 1.82) is 0 Å². The first-order valence-corrected chi connectivity index (χ1v) is 6.54. The Labute approximate surface area is 105 Å². The van der Waals surface area contributed by atoms with E-state index >= 15 is 0 Å². The number of hydrogen-bond acceptors (Lipinski definition) is 3. The van der Waals surface area contributed by atoms with Crippen molar-refractivity contribution in [3.05, 3.63) is 0 Å². The molecule has 0 aliphatic carbocycles. The van der Waals surface area contributed by atoms with Crippen molar-refractivity contribution >= 4 is 5.91 Å². The van der Waals surface area contributed by atoms with Gasteiger partial charge in [0, 0.05) is 20.3 Å². The second kappa shape index (κ2) is 6.36. The smallest absolute Gasteiger partial charge is 0.241 e. The number of nitrogens with one attached hydrogen (secondary N) is 1. The van der Waals surface area contributed by atoms with Gasteiger partial charge in [-0.25, -0.2) is 0 Å². The van der Waals surface area contributed by atoms with Crippen LogP contribution in [0.3, 0.4) is 0 Å². The normalized spacial score (nSPS) is 25.4. The Bertz CT molecular complexity index is 254. The van der Waals surface area contributed by atoms with Gasteiger partial charge in [0.1, 0.15) is 0 Å². The number of nitrogens with zero attached hydrogens (tertiary/aromatic N) is 1. The fourth-order valence-electron chi connectivity index (χ4n) is 2.32. The van der Waals surface area contributed by atoms with E-state index in [0.717, 1.165) is 13.0 Å². The molecule has 0 saturated carbocycles. The standard InChI is InChI=1S/C13H26N2O2/c1-9(2)11-13(16)15(7-6-8-17-5)12(14-11)10(3)4/h9-12,14H,6-8H2,1-5H3. The number of carbonyl (C=O) groups excluding carboxylic acids is 1. The molecule has 1 N–H and O–H groups in total. The summed E-state index contributed by atoms with van der Waals surface area (Å²) in [7, 11) is 1.70. The van der Waals surface area contributed by atoms with Gasteiger partial charge in [0.2, 0.25) is 5.91 Å². The zero-order valence-corrected chi connectivity index (χ0v) is 11.7. The first kappa shape index (κ1) is 14.5. The summed E-state index contributed by atoms with van der Waals surface area (Å²) < 4.78 is 5.05. The van der Waals surface area contributed by atoms with Crippen LogP contribution in [0, 0.1) is 11.8 Å². The lowest BCUT2D eigenvalue weighted by atomic mass is 10.0. The average molecular weight is 242 g/mol. The zero-order valence-electron chi connectivity index (χ0n) is 11.7. The Morgan fingerprint density at radius 1 is 1.29 bits per heavy atom. The molecule has 0 spiro atoms. The lowest BCUT2D eigenvalue weighted by molar-refractivity contribution is -0.131. The predicted molar refractivity (Wildman–Crippen MR) is 68.6 cm³/mol. The van der Waals surface area contributed by atoms with E-state index in [1.165, 1.54) is 0 Å². The van der Waals surface area contributed by atoms with Crippen molar-refractivity contribution < 1.29 is 9.53 Å². The number of rotatable bonds is 6. The molecule has 4 heteroatoms. The maximum atomic E-state index is 12.3. The maximum Gasteiger partial charge on any atom is 0.241 e. The van der Waals surface area contributed by atoms with E-state index in [9.17, 15) is 4.79 Å². The highest BCUT2D eigenvalue weighted by molar-refractivity contribution is 5.84. The third-order valence-corrected chi connectivity index (χ3v) is 3.28. The molecule has 1 aliphatic rings. The van der Waals surface area contributed by atoms with Crippen LogP contribution >= 0.6 is 0 Å². The molecule has 1 amide bonds. The minimum absolute atomic E-state index is 0.0232. The second-order valence-corrected chi connectivity index (χ2v) is 5.46. The lowest BCUT2D eigenvalue weighted by Gasteiger charge is -2.27. The van der Waals surface area contributed by atoms with Gasteiger partial charge in [-0.1, -0.05) is 27.7 Å². The molecular formula is C13H26N2O2. The summed E-state index contributed by atoms with van der Waals surface area (Å²) in [4.78, 5) is 14.3. The Morgan fingerprint density at radius 2 is 1.94 bits per heavy atom. The van der Waals surface area contributed by atoms with Crippen LogP contribution < -0.4 is 5.32 Å². The van der Waals surface area contributed by atoms with E-state index in [4.69, 9.17) is 4.74 Å². The number of methoxy groups -OCH3 is 1. The molecule has 100 valence electrons. The molecule has 1 saturated heterocycles. The molecule has 1 heterocycles. The van der Waals surface area contributed by atoms with Crippen LogP contribution in [0.2, 0.25) is 0 Å². The molecule has 1 fully saturated rings. The zero-order chi connectivity index (χ0) is 13.0. The van der Waals surface area contributed by atoms with E-state index in [2.05, 4.69) is 33.0 Å². The van der Waals surface area contributed by atoms with Crippen LogP contribution in [0.4, 0.5) is 0 Å². The summed E-state index contributed by atoms with van der Waals surface area (Å²) in [6.07, 6.45) is 1.07. The van der Waals surface area contributed by atoms with E-state index in [1.807, 2.05) is 4.90 Å². The van der Waals surface area contributed by atoms with E-state index in [0.29, 0.717) is 18.4 Å². The number of amides is 1. The largest absolute Gasteiger partial charge is 0.385 e. The third kappa shape index (κ3) is 3.42. The Morgan fingerprint density at radius 3 is 2.41 bits per heavy atom. The highest BCUT2D eigenvalue weighted by atomic mass is 16.5. The Hall–Kier alpha value is -0.610. The van der Waals surface area contributed by atoms with Crippen LogP contribution in [0.15, 0.2) is 0 Å². The molecular weight excluding hydrogens is 216 g/mol. The van der Waals surface area contributed by atoms with E-state index < -0.39 is 0 Å². The summed E-state index contributed by atoms with van der Waals surface area (Å²) in [6, 6.07) is -0.0232. The van der Waals surface area contributed by atoms with Crippen molar-refractivity contribution in [3.8, 4) is 0 Å². The molecule has 0 radical (unpaired) electrons. The van der Waals surface area contributed by atoms with Gasteiger partial charge in [-0.15, -0.1) is 0 Å². The molecule has 0 aromatic carbocycles. The highest BCUT2D eigenvalue weighted by Gasteiger charge is 2.40. The van der Waals surface area contributed by atoms with Crippen LogP contribution in [-0.2, 0) is 9.53 Å². The fraction of sp³-hybridized carbons (Fsp3) is 0.923. The second-order valence-electron chi connectivity index (χ2n) is 5.46. The molecule has 4 nitrogen and oxygen atoms in total. The van der Waals surface area contributed by atoms with Crippen LogP contribution in [0.25, 0.3) is 0 Å². The molecule has 2 atom stereocenters. The highest BCUT2D eigenvalue weighted by Crippen LogP contribution is 2.21. The lowest BCUT2D eigenvalue weighted by Crippen LogP contribution is -2.42. The van der Waals surface area contributed by atoms with Crippen LogP contribution in [0.1, 0.15) is 34.1 Å². The summed E-state index contributed by atoms with van der Waals surface area (Å²) >= 11 is 0. The fourth-order valence-corrected chi connectivity index (χ4v) is 2.32. The van der Waals surface area contributed by atoms with Gasteiger partial charge in [0.15, 0.2) is 0 Å². The summed E-state index contributed by atoms with van der Waals surface area (Å²) in [6.45, 7) is 9.97. The summed E-state index contributed by atoms with van der Waals surface area (Å²) in [5.41, 5.74) is 0. The topological polar surface area (TPSA) is 41.6 Å². The van der Waals surface area contributed by atoms with E-state index in [-0.39, 0.29) is 18.1 Å². The van der Waals surface area contributed by atoms with E-state index in [1.54, 1.807) is 7.11 Å². The summed E-state index contributed by atoms with van der Waals surface area (Å²) in [5, 5.41) is 3.45. The third-order valence-electron chi connectivity index (χ3n) is 3.28. The molecule has 0 bridgehead atoms. The van der Waals surface area contributed by atoms with Gasteiger partial charge in [-0.3, -0.25) is 10.1 Å². The minimum Gasteiger partial charge on any atom is -0.385 e. The van der Waals surface area contributed by atoms with Crippen LogP contribution in [-0.4, -0.2) is 43.3 Å². The quantitative estimate of drug-likeness (QED) is 0.717. The number of ether oxygens (including phenoxy) is 1. The van der Waals surface area contributed by atoms with Crippen molar-refractivity contribution in [3.63, 3.8) is 0 Å². The van der Waals surface area contributed by atoms with Crippen LogP contribution in [0.5, 0.6) is 0 Å². The average Bonchev–Trinajstić information content (AvgIpc) is 2.57. The maximum absolute atomic E-state index is 12.3. The van der Waals surface area contributed by atoms with Crippen molar-refractivity contribution in [2.45, 2.75) is 46.3 Å². The SMILES string of the molecule is COCCCN1C(=O)C(C(C)C)NC1C(C)C. The molecule has 0 aromatic rings. The molecule has 2 unspecified atom stereocenters. The molecule has 1 rings (SSSR count). The predicted octanol–water partition coefficient (Wildman–Crippen LogP) is 1.46. The number of carbonyl (C=O) groups is 1. The Balaban J connectivity index is 2.65. The van der Waals surface area contributed by atoms with Gasteiger partial charge in [0.05, 0.1) is 12.2 Å². The van der Waals surface area contributed by atoms with Crippen molar-refractivity contribution in [2.24, 2.45) is 11.8 Å². The van der Waals surface area contributed by atoms with Crippen molar-refractivity contribution in [2.75, 3.05) is 20.3 Å². The summed E-state index contributed by atoms with van der Waals surface area (Å²) in [5.74, 6) is 1.02.